The quantitative estimate of drug-likeness (QED) is 0.847. The molecule has 1 fully saturated rings. The Hall–Kier alpha value is -0.870. The van der Waals surface area contributed by atoms with E-state index in [0.717, 1.165) is 16.1 Å². The van der Waals surface area contributed by atoms with Crippen LogP contribution in [0.1, 0.15) is 26.2 Å². The van der Waals surface area contributed by atoms with Crippen molar-refractivity contribution >= 4 is 27.5 Å². The van der Waals surface area contributed by atoms with Gasteiger partial charge in [-0.15, -0.1) is 0 Å². The van der Waals surface area contributed by atoms with Gasteiger partial charge in [-0.3, -0.25) is 4.79 Å². The Morgan fingerprint density at radius 3 is 2.83 bits per heavy atom. The molecule has 0 aromatic heterocycles. The molecule has 4 heteroatoms. The molecule has 1 aliphatic carbocycles. The Bertz CT molecular complexity index is 418. The zero-order valence-corrected chi connectivity index (χ0v) is 12.2. The third kappa shape index (κ3) is 4.42. The minimum atomic E-state index is 0.00421. The van der Waals surface area contributed by atoms with Gasteiger partial charge in [0.15, 0.2) is 0 Å². The summed E-state index contributed by atoms with van der Waals surface area (Å²) in [5.41, 5.74) is 0.819. The fraction of sp³-hybridized carbons (Fsp3) is 0.500. The number of para-hydroxylation sites is 1. The van der Waals surface area contributed by atoms with Crippen LogP contribution in [-0.4, -0.2) is 18.5 Å². The molecule has 1 saturated carbocycles. The molecule has 0 saturated heterocycles. The first-order valence-corrected chi connectivity index (χ1v) is 7.22. The van der Waals surface area contributed by atoms with Crippen molar-refractivity contribution in [3.8, 4) is 0 Å². The van der Waals surface area contributed by atoms with Crippen molar-refractivity contribution in [3.63, 3.8) is 0 Å². The van der Waals surface area contributed by atoms with Crippen LogP contribution in [0.2, 0.25) is 0 Å². The zero-order valence-electron chi connectivity index (χ0n) is 10.6. The molecule has 0 radical (unpaired) electrons. The molecule has 1 aromatic carbocycles. The number of rotatable bonds is 6. The van der Waals surface area contributed by atoms with Crippen LogP contribution in [0.25, 0.3) is 0 Å². The first-order valence-electron chi connectivity index (χ1n) is 6.43. The van der Waals surface area contributed by atoms with Gasteiger partial charge in [-0.05, 0) is 47.3 Å². The van der Waals surface area contributed by atoms with Gasteiger partial charge in [0.05, 0.1) is 12.2 Å². The summed E-state index contributed by atoms with van der Waals surface area (Å²) in [5.74, 6) is 0.892. The van der Waals surface area contributed by atoms with E-state index in [2.05, 4.69) is 33.5 Å². The van der Waals surface area contributed by atoms with Gasteiger partial charge in [-0.1, -0.05) is 25.0 Å². The lowest BCUT2D eigenvalue weighted by Crippen LogP contribution is -2.34. The molecule has 1 amide bonds. The van der Waals surface area contributed by atoms with E-state index in [0.29, 0.717) is 12.6 Å². The van der Waals surface area contributed by atoms with Crippen molar-refractivity contribution in [2.75, 3.05) is 11.9 Å². The van der Waals surface area contributed by atoms with Crippen molar-refractivity contribution in [2.24, 2.45) is 5.92 Å². The van der Waals surface area contributed by atoms with Crippen molar-refractivity contribution in [1.29, 1.82) is 0 Å². The molecule has 0 spiro atoms. The summed E-state index contributed by atoms with van der Waals surface area (Å²) in [5, 5.41) is 6.15. The molecule has 2 rings (SSSR count). The van der Waals surface area contributed by atoms with Gasteiger partial charge in [0.25, 0.3) is 0 Å². The maximum absolute atomic E-state index is 11.8. The predicted octanol–water partition coefficient (Wildman–Crippen LogP) is 3.17. The third-order valence-corrected chi connectivity index (χ3v) is 3.83. The third-order valence-electron chi connectivity index (χ3n) is 3.14. The van der Waals surface area contributed by atoms with Crippen molar-refractivity contribution < 1.29 is 4.79 Å². The van der Waals surface area contributed by atoms with Crippen LogP contribution < -0.4 is 10.6 Å². The summed E-state index contributed by atoms with van der Waals surface area (Å²) in [6, 6.07) is 8.05. The minimum absolute atomic E-state index is 0.00421. The lowest BCUT2D eigenvalue weighted by molar-refractivity contribution is -0.115. The summed E-state index contributed by atoms with van der Waals surface area (Å²) in [6.07, 6.45) is 3.90. The largest absolute Gasteiger partial charge is 0.324 e. The number of anilines is 1. The van der Waals surface area contributed by atoms with Gasteiger partial charge in [0, 0.05) is 10.5 Å². The van der Waals surface area contributed by atoms with Crippen LogP contribution >= 0.6 is 15.9 Å². The zero-order chi connectivity index (χ0) is 13.0. The molecular formula is C14H19BrN2O. The van der Waals surface area contributed by atoms with Crippen LogP contribution in [-0.2, 0) is 4.79 Å². The second-order valence-electron chi connectivity index (χ2n) is 4.99. The Kier molecular flexibility index (Phi) is 4.78. The SMILES string of the molecule is CC(CC1CC1)NCC(=O)Nc1ccccc1Br. The summed E-state index contributed by atoms with van der Waals surface area (Å²) < 4.78 is 0.907. The summed E-state index contributed by atoms with van der Waals surface area (Å²) in [7, 11) is 0. The van der Waals surface area contributed by atoms with E-state index in [-0.39, 0.29) is 5.91 Å². The van der Waals surface area contributed by atoms with Gasteiger partial charge in [-0.25, -0.2) is 0 Å². The summed E-state index contributed by atoms with van der Waals surface area (Å²) in [4.78, 5) is 11.8. The monoisotopic (exact) mass is 310 g/mol. The van der Waals surface area contributed by atoms with E-state index in [9.17, 15) is 4.79 Å². The highest BCUT2D eigenvalue weighted by Crippen LogP contribution is 2.33. The fourth-order valence-corrected chi connectivity index (χ4v) is 2.34. The smallest absolute Gasteiger partial charge is 0.238 e. The van der Waals surface area contributed by atoms with Gasteiger partial charge in [0.1, 0.15) is 0 Å². The first-order chi connectivity index (χ1) is 8.65. The normalized spacial score (nSPS) is 16.3. The molecule has 18 heavy (non-hydrogen) atoms. The van der Waals surface area contributed by atoms with Gasteiger partial charge in [-0.2, -0.15) is 0 Å². The average Bonchev–Trinajstić information content (AvgIpc) is 3.13. The molecule has 1 atom stereocenters. The Balaban J connectivity index is 1.73. The van der Waals surface area contributed by atoms with E-state index < -0.39 is 0 Å². The van der Waals surface area contributed by atoms with Crippen LogP contribution in [0.4, 0.5) is 5.69 Å². The molecule has 0 bridgehead atoms. The van der Waals surface area contributed by atoms with Crippen LogP contribution in [0, 0.1) is 5.92 Å². The van der Waals surface area contributed by atoms with E-state index in [1.807, 2.05) is 24.3 Å². The lowest BCUT2D eigenvalue weighted by atomic mass is 10.1. The molecule has 2 N–H and O–H groups in total. The highest BCUT2D eigenvalue weighted by Gasteiger charge is 2.23. The fourth-order valence-electron chi connectivity index (χ4n) is 1.96. The van der Waals surface area contributed by atoms with Crippen molar-refractivity contribution in [1.82, 2.24) is 5.32 Å². The summed E-state index contributed by atoms with van der Waals surface area (Å²) >= 11 is 3.41. The molecule has 1 unspecified atom stereocenters. The predicted molar refractivity (Wildman–Crippen MR) is 77.6 cm³/mol. The summed E-state index contributed by atoms with van der Waals surface area (Å²) in [6.45, 7) is 2.51. The Morgan fingerprint density at radius 1 is 1.44 bits per heavy atom. The average molecular weight is 311 g/mol. The van der Waals surface area contributed by atoms with Gasteiger partial charge in [0.2, 0.25) is 5.91 Å². The van der Waals surface area contributed by atoms with Crippen molar-refractivity contribution in [3.05, 3.63) is 28.7 Å². The first kappa shape index (κ1) is 13.6. The van der Waals surface area contributed by atoms with Gasteiger partial charge >= 0.3 is 0 Å². The molecule has 3 nitrogen and oxygen atoms in total. The van der Waals surface area contributed by atoms with E-state index >= 15 is 0 Å². The number of benzene rings is 1. The molecule has 0 heterocycles. The molecular weight excluding hydrogens is 292 g/mol. The van der Waals surface area contributed by atoms with E-state index in [4.69, 9.17) is 0 Å². The molecule has 1 aliphatic rings. The molecule has 0 aliphatic heterocycles. The van der Waals surface area contributed by atoms with E-state index in [1.165, 1.54) is 19.3 Å². The number of carbonyl (C=O) groups excluding carboxylic acids is 1. The van der Waals surface area contributed by atoms with Crippen LogP contribution in [0.3, 0.4) is 0 Å². The lowest BCUT2D eigenvalue weighted by Gasteiger charge is -2.13. The molecule has 1 aromatic rings. The highest BCUT2D eigenvalue weighted by molar-refractivity contribution is 9.10. The number of carbonyl (C=O) groups is 1. The van der Waals surface area contributed by atoms with Crippen molar-refractivity contribution in [2.45, 2.75) is 32.2 Å². The number of hydrogen-bond acceptors (Lipinski definition) is 2. The Labute approximate surface area is 116 Å². The van der Waals surface area contributed by atoms with Crippen LogP contribution in [0.15, 0.2) is 28.7 Å². The maximum atomic E-state index is 11.8. The number of hydrogen-bond donors (Lipinski definition) is 2. The second kappa shape index (κ2) is 6.34. The second-order valence-corrected chi connectivity index (χ2v) is 5.84. The van der Waals surface area contributed by atoms with Gasteiger partial charge < -0.3 is 10.6 Å². The standard InChI is InChI=1S/C14H19BrN2O/c1-10(8-11-6-7-11)16-9-14(18)17-13-5-3-2-4-12(13)15/h2-5,10-11,16H,6-9H2,1H3,(H,17,18). The number of amides is 1. The number of nitrogens with one attached hydrogen (secondary N) is 2. The highest BCUT2D eigenvalue weighted by atomic mass is 79.9. The molecule has 98 valence electrons. The minimum Gasteiger partial charge on any atom is -0.324 e. The van der Waals surface area contributed by atoms with Crippen LogP contribution in [0.5, 0.6) is 0 Å². The Morgan fingerprint density at radius 2 is 2.17 bits per heavy atom. The van der Waals surface area contributed by atoms with E-state index in [1.54, 1.807) is 0 Å². The number of halogens is 1. The topological polar surface area (TPSA) is 41.1 Å². The maximum Gasteiger partial charge on any atom is 0.238 e.